The van der Waals surface area contributed by atoms with Crippen LogP contribution in [0, 0.1) is 11.7 Å². The van der Waals surface area contributed by atoms with E-state index in [0.717, 1.165) is 11.1 Å². The van der Waals surface area contributed by atoms with Crippen LogP contribution in [0.4, 0.5) is 8.78 Å². The van der Waals surface area contributed by atoms with E-state index in [-0.39, 0.29) is 29.6 Å². The predicted molar refractivity (Wildman–Crippen MR) is 103 cm³/mol. The molecule has 1 aliphatic rings. The Labute approximate surface area is 160 Å². The van der Waals surface area contributed by atoms with E-state index in [9.17, 15) is 8.78 Å². The predicted octanol–water partition coefficient (Wildman–Crippen LogP) is 6.12. The van der Waals surface area contributed by atoms with Crippen molar-refractivity contribution in [2.75, 3.05) is 0 Å². The highest BCUT2D eigenvalue weighted by molar-refractivity contribution is 6.37. The van der Waals surface area contributed by atoms with Crippen molar-refractivity contribution in [1.82, 2.24) is 15.0 Å². The van der Waals surface area contributed by atoms with E-state index in [1.807, 2.05) is 25.1 Å². The molecule has 6 heteroatoms. The summed E-state index contributed by atoms with van der Waals surface area (Å²) in [6, 6.07) is 9.69. The third-order valence-electron chi connectivity index (χ3n) is 4.47. The van der Waals surface area contributed by atoms with Crippen molar-refractivity contribution in [3.63, 3.8) is 0 Å². The number of hydrogen-bond donors (Lipinski definition) is 1. The lowest BCUT2D eigenvalue weighted by molar-refractivity contribution is 0.538. The van der Waals surface area contributed by atoms with E-state index in [4.69, 9.17) is 11.6 Å². The first kappa shape index (κ1) is 17.6. The van der Waals surface area contributed by atoms with Crippen LogP contribution in [-0.4, -0.2) is 15.0 Å². The number of rotatable bonds is 3. The molecule has 1 unspecified atom stereocenters. The second-order valence-electron chi connectivity index (χ2n) is 6.53. The quantitative estimate of drug-likeness (QED) is 0.591. The molecule has 1 N–H and O–H groups in total. The Bertz CT molecular complexity index is 1040. The van der Waals surface area contributed by atoms with Crippen LogP contribution in [0.5, 0.6) is 0 Å². The number of H-pyrrole nitrogens is 1. The number of hydrogen-bond acceptors (Lipinski definition) is 2. The van der Waals surface area contributed by atoms with Crippen LogP contribution in [0.25, 0.3) is 28.1 Å². The van der Waals surface area contributed by atoms with Crippen molar-refractivity contribution < 1.29 is 8.78 Å². The van der Waals surface area contributed by atoms with Crippen LogP contribution >= 0.6 is 11.6 Å². The molecule has 0 saturated heterocycles. The average Bonchev–Trinajstić information content (AvgIpc) is 3.07. The Morgan fingerprint density at radius 2 is 1.74 bits per heavy atom. The number of pyridine rings is 1. The summed E-state index contributed by atoms with van der Waals surface area (Å²) in [5.41, 5.74) is 3.13. The van der Waals surface area contributed by atoms with E-state index in [1.165, 1.54) is 12.1 Å². The fraction of sp³-hybridized carbons (Fsp3) is 0.143. The maximum Gasteiger partial charge on any atom is 0.142 e. The molecule has 0 saturated carbocycles. The minimum absolute atomic E-state index is 0.0347. The molecule has 4 rings (SSSR count). The van der Waals surface area contributed by atoms with Crippen LogP contribution < -0.4 is 0 Å². The van der Waals surface area contributed by atoms with Gasteiger partial charge in [0.1, 0.15) is 17.5 Å². The first-order valence-corrected chi connectivity index (χ1v) is 8.94. The number of imidazole rings is 1. The van der Waals surface area contributed by atoms with Gasteiger partial charge in [-0.25, -0.2) is 13.8 Å². The lowest BCUT2D eigenvalue weighted by Gasteiger charge is -2.16. The molecule has 27 heavy (non-hydrogen) atoms. The Kier molecular flexibility index (Phi) is 4.62. The van der Waals surface area contributed by atoms with Crippen molar-refractivity contribution in [2.24, 2.45) is 5.92 Å². The monoisotopic (exact) mass is 383 g/mol. The molecule has 0 fully saturated rings. The fourth-order valence-electron chi connectivity index (χ4n) is 3.18. The Hall–Kier alpha value is -2.79. The molecular formula is C21H16ClF2N3. The first-order chi connectivity index (χ1) is 13.0. The summed E-state index contributed by atoms with van der Waals surface area (Å²) in [4.78, 5) is 11.8. The van der Waals surface area contributed by atoms with Gasteiger partial charge in [-0.3, -0.25) is 4.98 Å². The molecule has 0 spiro atoms. The summed E-state index contributed by atoms with van der Waals surface area (Å²) in [5.74, 6) is -0.240. The summed E-state index contributed by atoms with van der Waals surface area (Å²) >= 11 is 6.32. The van der Waals surface area contributed by atoms with Gasteiger partial charge in [0.25, 0.3) is 0 Å². The lowest BCUT2D eigenvalue weighted by atomic mass is 9.97. The highest BCUT2D eigenvalue weighted by Gasteiger charge is 2.25. The van der Waals surface area contributed by atoms with Gasteiger partial charge in [0.2, 0.25) is 0 Å². The molecule has 2 aromatic heterocycles. The summed E-state index contributed by atoms with van der Waals surface area (Å²) < 4.78 is 28.0. The van der Waals surface area contributed by atoms with Gasteiger partial charge in [-0.1, -0.05) is 24.6 Å². The number of allylic oxidation sites excluding steroid dienone is 4. The summed E-state index contributed by atoms with van der Waals surface area (Å²) in [6.07, 6.45) is 5.44. The normalized spacial score (nSPS) is 17.2. The van der Waals surface area contributed by atoms with Gasteiger partial charge in [-0.2, -0.15) is 0 Å². The van der Waals surface area contributed by atoms with Crippen molar-refractivity contribution in [1.29, 1.82) is 0 Å². The zero-order valence-electron chi connectivity index (χ0n) is 14.5. The molecule has 3 aromatic rings. The molecule has 1 atom stereocenters. The van der Waals surface area contributed by atoms with E-state index in [2.05, 4.69) is 15.0 Å². The Balaban J connectivity index is 1.90. The largest absolute Gasteiger partial charge is 0.337 e. The van der Waals surface area contributed by atoms with Gasteiger partial charge in [0.05, 0.1) is 22.0 Å². The van der Waals surface area contributed by atoms with E-state index in [1.54, 1.807) is 24.5 Å². The maximum absolute atomic E-state index is 14.7. The highest BCUT2D eigenvalue weighted by atomic mass is 35.5. The number of nitrogens with one attached hydrogen (secondary N) is 1. The molecule has 0 bridgehead atoms. The highest BCUT2D eigenvalue weighted by Crippen LogP contribution is 2.40. The molecule has 0 radical (unpaired) electrons. The number of aromatic nitrogens is 3. The maximum atomic E-state index is 14.7. The average molecular weight is 384 g/mol. The number of nitrogens with zero attached hydrogens (tertiary/aromatic N) is 2. The SMILES string of the molecule is CC1C=C(Cl)C(c2nc(-c3ccc(F)cc3)c(-c3ccncc3)[nH]2)=C(F)C1. The van der Waals surface area contributed by atoms with E-state index in [0.29, 0.717) is 22.2 Å². The van der Waals surface area contributed by atoms with Gasteiger partial charge in [-0.15, -0.1) is 0 Å². The summed E-state index contributed by atoms with van der Waals surface area (Å²) in [6.45, 7) is 1.91. The van der Waals surface area contributed by atoms with Crippen LogP contribution in [0.15, 0.2) is 65.7 Å². The minimum atomic E-state index is -0.332. The molecule has 3 nitrogen and oxygen atoms in total. The van der Waals surface area contributed by atoms with Crippen LogP contribution in [-0.2, 0) is 0 Å². The topological polar surface area (TPSA) is 41.6 Å². The van der Waals surface area contributed by atoms with E-state index >= 15 is 0 Å². The van der Waals surface area contributed by atoms with Crippen LogP contribution in [0.2, 0.25) is 0 Å². The Morgan fingerprint density at radius 3 is 2.41 bits per heavy atom. The molecule has 1 aliphatic carbocycles. The third-order valence-corrected chi connectivity index (χ3v) is 4.78. The van der Waals surface area contributed by atoms with Crippen molar-refractivity contribution in [3.8, 4) is 22.5 Å². The van der Waals surface area contributed by atoms with Crippen molar-refractivity contribution in [2.45, 2.75) is 13.3 Å². The smallest absolute Gasteiger partial charge is 0.142 e. The molecule has 2 heterocycles. The van der Waals surface area contributed by atoms with Crippen molar-refractivity contribution in [3.05, 3.63) is 77.4 Å². The van der Waals surface area contributed by atoms with Crippen molar-refractivity contribution >= 4 is 17.2 Å². The summed E-state index contributed by atoms with van der Waals surface area (Å²) in [5, 5.41) is 0.340. The molecule has 0 amide bonds. The molecule has 0 aliphatic heterocycles. The fourth-order valence-corrected chi connectivity index (χ4v) is 3.59. The second kappa shape index (κ2) is 7.08. The number of aromatic amines is 1. The lowest BCUT2D eigenvalue weighted by Crippen LogP contribution is -2.03. The number of benzene rings is 1. The summed E-state index contributed by atoms with van der Waals surface area (Å²) in [7, 11) is 0. The standard InChI is InChI=1S/C21H16ClF2N3/c1-12-10-16(22)18(17(24)11-12)21-26-19(13-2-4-15(23)5-3-13)20(27-21)14-6-8-25-9-7-14/h2-10,12H,11H2,1H3,(H,26,27). The van der Waals surface area contributed by atoms with Gasteiger partial charge in [-0.05, 0) is 42.3 Å². The molecule has 1 aromatic carbocycles. The molecular weight excluding hydrogens is 368 g/mol. The van der Waals surface area contributed by atoms with Gasteiger partial charge in [0.15, 0.2) is 0 Å². The molecule has 136 valence electrons. The second-order valence-corrected chi connectivity index (χ2v) is 6.93. The van der Waals surface area contributed by atoms with Gasteiger partial charge in [0, 0.05) is 29.9 Å². The number of halogens is 3. The minimum Gasteiger partial charge on any atom is -0.337 e. The van der Waals surface area contributed by atoms with Crippen LogP contribution in [0.3, 0.4) is 0 Å². The zero-order valence-corrected chi connectivity index (χ0v) is 15.3. The zero-order chi connectivity index (χ0) is 19.0. The first-order valence-electron chi connectivity index (χ1n) is 8.56. The third kappa shape index (κ3) is 3.43. The van der Waals surface area contributed by atoms with Gasteiger partial charge >= 0.3 is 0 Å². The van der Waals surface area contributed by atoms with E-state index < -0.39 is 0 Å². The van der Waals surface area contributed by atoms with Crippen LogP contribution in [0.1, 0.15) is 19.2 Å². The van der Waals surface area contributed by atoms with Gasteiger partial charge < -0.3 is 4.98 Å². The Morgan fingerprint density at radius 1 is 1.04 bits per heavy atom.